The van der Waals surface area contributed by atoms with E-state index in [-0.39, 0.29) is 0 Å². The molecule has 0 aliphatic carbocycles. The Bertz CT molecular complexity index is 8360. The molecule has 19 aromatic carbocycles. The smallest absolute Gasteiger partial charge is 0.138 e. The minimum atomic E-state index is 0.970. The van der Waals surface area contributed by atoms with Crippen molar-refractivity contribution in [3.05, 3.63) is 422 Å². The fourth-order valence-electron chi connectivity index (χ4n) is 18.5. The van der Waals surface area contributed by atoms with E-state index in [9.17, 15) is 0 Å². The molecule has 570 valence electrons. The van der Waals surface area contributed by atoms with E-state index in [1.54, 1.807) is 0 Å². The van der Waals surface area contributed by atoms with Crippen LogP contribution in [0.15, 0.2) is 399 Å². The third kappa shape index (κ3) is 12.4. The molecule has 7 aromatic heterocycles. The number of furan rings is 1. The van der Waals surface area contributed by atoms with E-state index in [0.717, 1.165) is 11.2 Å². The molecule has 5 nitrogen and oxygen atoms in total. The molecule has 120 heavy (non-hydrogen) atoms. The molecule has 0 aliphatic heterocycles. The van der Waals surface area contributed by atoms with Crippen molar-refractivity contribution in [2.75, 3.05) is 0 Å². The lowest BCUT2D eigenvalue weighted by Gasteiger charge is -2.09. The van der Waals surface area contributed by atoms with Gasteiger partial charge >= 0.3 is 0 Å². The second kappa shape index (κ2) is 29.5. The summed E-state index contributed by atoms with van der Waals surface area (Å²) in [5.41, 5.74) is 23.1. The van der Waals surface area contributed by atoms with E-state index in [2.05, 4.69) is 447 Å². The van der Waals surface area contributed by atoms with Gasteiger partial charge in [-0.2, -0.15) is 0 Å². The van der Waals surface area contributed by atoms with Crippen LogP contribution < -0.4 is 0 Å². The normalized spacial score (nSPS) is 11.7. The predicted molar refractivity (Wildman–Crippen MR) is 519 cm³/mol. The Morgan fingerprint density at radius 3 is 1.04 bits per heavy atom. The average Bonchev–Trinajstić information content (AvgIpc) is 1.56. The maximum atomic E-state index is 5.99. The van der Waals surface area contributed by atoms with Gasteiger partial charge in [0, 0.05) is 117 Å². The van der Waals surface area contributed by atoms with Crippen molar-refractivity contribution in [1.29, 1.82) is 0 Å². The molecule has 7 heterocycles. The number of benzene rings is 19. The fourth-order valence-corrected chi connectivity index (χ4v) is 20.8. The summed E-state index contributed by atoms with van der Waals surface area (Å²) in [6.45, 7) is 10.8. The Balaban J connectivity index is 0.0000000928. The van der Waals surface area contributed by atoms with Crippen LogP contribution in [0.4, 0.5) is 0 Å². The Labute approximate surface area is 701 Å². The highest BCUT2D eigenvalue weighted by Gasteiger charge is 2.22. The van der Waals surface area contributed by atoms with E-state index in [0.29, 0.717) is 0 Å². The zero-order valence-electron chi connectivity index (χ0n) is 67.0. The predicted octanol–water partition coefficient (Wildman–Crippen LogP) is 32.5. The van der Waals surface area contributed by atoms with Gasteiger partial charge in [0.15, 0.2) is 0 Å². The van der Waals surface area contributed by atoms with Gasteiger partial charge in [-0.25, -0.2) is 0 Å². The Hall–Kier alpha value is -14.6. The SMILES string of the molecule is Cc1ccc2c(c1)c1cc3c(cc1n2-c1ccccc1)c1ccccc1n3-c1ccccc1.Cc1ccc2sc3cc4ccccc4cc3c2c1.Cc1cccc(-n2c3ccccc3c3cc4c(cc32)c2ccccc2n4-c2ccccc2)c1.Cc1cccc2c1oc1cc3ccccc3cc12.Cc1cccc2c1sc1cc3ccccc3cc12. The molecular formula is C113H80N4OS2. The lowest BCUT2D eigenvalue weighted by Crippen LogP contribution is -1.94. The number of thiophene rings is 2. The number of para-hydroxylation sites is 7. The van der Waals surface area contributed by atoms with Crippen LogP contribution in [0, 0.1) is 34.6 Å². The van der Waals surface area contributed by atoms with Gasteiger partial charge in [-0.3, -0.25) is 0 Å². The van der Waals surface area contributed by atoms with Crippen LogP contribution in [0.1, 0.15) is 27.8 Å². The molecule has 0 aliphatic rings. The maximum absolute atomic E-state index is 5.99. The van der Waals surface area contributed by atoms with Gasteiger partial charge in [0.05, 0.1) is 44.1 Å². The van der Waals surface area contributed by atoms with Gasteiger partial charge in [0.25, 0.3) is 0 Å². The van der Waals surface area contributed by atoms with Gasteiger partial charge in [-0.1, -0.05) is 254 Å². The summed E-state index contributed by atoms with van der Waals surface area (Å²) in [6, 6.07) is 142. The minimum absolute atomic E-state index is 0.970. The van der Waals surface area contributed by atoms with E-state index < -0.39 is 0 Å². The summed E-state index contributed by atoms with van der Waals surface area (Å²) in [6.07, 6.45) is 0. The number of aryl methyl sites for hydroxylation is 5. The molecule has 0 N–H and O–H groups in total. The van der Waals surface area contributed by atoms with Crippen LogP contribution in [0.2, 0.25) is 0 Å². The van der Waals surface area contributed by atoms with Gasteiger partial charge in [-0.15, -0.1) is 22.7 Å². The van der Waals surface area contributed by atoms with Crippen molar-refractivity contribution in [3.63, 3.8) is 0 Å². The largest absolute Gasteiger partial charge is 0.456 e. The molecule has 26 aromatic rings. The Morgan fingerprint density at radius 2 is 0.533 bits per heavy atom. The third-order valence-electron chi connectivity index (χ3n) is 24.1. The van der Waals surface area contributed by atoms with E-state index in [4.69, 9.17) is 4.42 Å². The highest BCUT2D eigenvalue weighted by Crippen LogP contribution is 2.45. The number of rotatable bonds is 4. The molecule has 0 spiro atoms. The van der Waals surface area contributed by atoms with Crippen LogP contribution >= 0.6 is 22.7 Å². The number of nitrogens with zero attached hydrogens (tertiary/aromatic N) is 4. The highest BCUT2D eigenvalue weighted by atomic mass is 32.1. The number of fused-ring (bicyclic) bond motifs is 24. The maximum Gasteiger partial charge on any atom is 0.138 e. The van der Waals surface area contributed by atoms with Gasteiger partial charge in [0.2, 0.25) is 0 Å². The molecule has 0 amide bonds. The van der Waals surface area contributed by atoms with Gasteiger partial charge < -0.3 is 22.7 Å². The van der Waals surface area contributed by atoms with Crippen LogP contribution in [-0.2, 0) is 0 Å². The lowest BCUT2D eigenvalue weighted by molar-refractivity contribution is 0.666. The molecule has 0 saturated carbocycles. The first-order valence-electron chi connectivity index (χ1n) is 41.2. The second-order valence-corrected chi connectivity index (χ2v) is 34.0. The molecule has 0 saturated heterocycles. The fraction of sp³-hybridized carbons (Fsp3) is 0.0442. The third-order valence-corrected chi connectivity index (χ3v) is 26.5. The van der Waals surface area contributed by atoms with Crippen molar-refractivity contribution >= 4 is 204 Å². The van der Waals surface area contributed by atoms with Crippen LogP contribution in [0.25, 0.3) is 205 Å². The lowest BCUT2D eigenvalue weighted by atomic mass is 10.1. The summed E-state index contributed by atoms with van der Waals surface area (Å²) in [7, 11) is 0. The monoisotopic (exact) mass is 1570 g/mol. The molecule has 0 fully saturated rings. The summed E-state index contributed by atoms with van der Waals surface area (Å²) in [5.74, 6) is 0. The van der Waals surface area contributed by atoms with Crippen LogP contribution in [0.3, 0.4) is 0 Å². The van der Waals surface area contributed by atoms with Gasteiger partial charge in [0.1, 0.15) is 11.2 Å². The molecule has 0 unspecified atom stereocenters. The summed E-state index contributed by atoms with van der Waals surface area (Å²) in [5, 5.41) is 26.0. The van der Waals surface area contributed by atoms with Crippen LogP contribution in [-0.4, -0.2) is 18.3 Å². The van der Waals surface area contributed by atoms with Crippen molar-refractivity contribution < 1.29 is 4.42 Å². The molecule has 0 bridgehead atoms. The minimum Gasteiger partial charge on any atom is -0.456 e. The van der Waals surface area contributed by atoms with E-state index >= 15 is 0 Å². The summed E-state index contributed by atoms with van der Waals surface area (Å²) >= 11 is 3.79. The van der Waals surface area contributed by atoms with E-state index in [1.165, 1.54) is 221 Å². The van der Waals surface area contributed by atoms with E-state index in [1.807, 2.05) is 22.7 Å². The van der Waals surface area contributed by atoms with Crippen LogP contribution in [0.5, 0.6) is 0 Å². The number of aromatic nitrogens is 4. The average molecular weight is 1570 g/mol. The first kappa shape index (κ1) is 71.9. The highest BCUT2D eigenvalue weighted by molar-refractivity contribution is 7.26. The van der Waals surface area contributed by atoms with Crippen molar-refractivity contribution in [2.45, 2.75) is 34.6 Å². The molecule has 26 rings (SSSR count). The molecular weight excluding hydrogens is 1490 g/mol. The topological polar surface area (TPSA) is 32.9 Å². The van der Waals surface area contributed by atoms with Crippen molar-refractivity contribution in [2.24, 2.45) is 0 Å². The summed E-state index contributed by atoms with van der Waals surface area (Å²) in [4.78, 5) is 0. The molecule has 0 atom stereocenters. The zero-order chi connectivity index (χ0) is 80.2. The zero-order valence-corrected chi connectivity index (χ0v) is 68.7. The Morgan fingerprint density at radius 1 is 0.192 bits per heavy atom. The number of hydrogen-bond acceptors (Lipinski definition) is 3. The second-order valence-electron chi connectivity index (χ2n) is 31.8. The molecule has 0 radical (unpaired) electrons. The first-order valence-corrected chi connectivity index (χ1v) is 42.8. The molecule has 7 heteroatoms. The van der Waals surface area contributed by atoms with Crippen molar-refractivity contribution in [3.8, 4) is 22.7 Å². The van der Waals surface area contributed by atoms with Gasteiger partial charge in [-0.05, 0) is 235 Å². The standard InChI is InChI=1S/2C31H22N2.C17H12O.2C17H12S/c1-21-16-17-29-25(18-21)27-20-30-26(19-31(27)33(29)23-12-6-3-7-13-23)24-14-8-9-15-28(24)32(30)22-10-4-2-5-11-22;1-21-10-9-13-23(18-21)33-29-17-8-6-15-25(29)27-19-30-26(20-31(27)33)24-14-5-7-16-28(24)32(30)22-11-3-2-4-12-22;2*1-11-5-4-8-14-15-9-12-6-2-3-7-13(12)10-16(15)18-17(11)14;1-11-6-7-16-14(8-11)15-9-12-4-2-3-5-13(12)10-17(15)18-16/h2*2-20H,1H3;3*2-10H,1H3. The summed E-state index contributed by atoms with van der Waals surface area (Å²) < 4.78 is 21.2. The first-order chi connectivity index (χ1) is 59.0. The quantitative estimate of drug-likeness (QED) is 0.173. The number of hydrogen-bond donors (Lipinski definition) is 0. The Kier molecular flexibility index (Phi) is 17.7. The van der Waals surface area contributed by atoms with Crippen molar-refractivity contribution in [1.82, 2.24) is 18.3 Å².